The van der Waals surface area contributed by atoms with Gasteiger partial charge in [-0.05, 0) is 58.8 Å². The van der Waals surface area contributed by atoms with Crippen molar-refractivity contribution in [3.8, 4) is 5.75 Å². The third-order valence-corrected chi connectivity index (χ3v) is 5.67. The molecule has 1 amide bonds. The summed E-state index contributed by atoms with van der Waals surface area (Å²) in [6.07, 6.45) is 0. The van der Waals surface area contributed by atoms with Gasteiger partial charge in [-0.1, -0.05) is 77.3 Å². The van der Waals surface area contributed by atoms with Crippen molar-refractivity contribution in [2.24, 2.45) is 0 Å². The lowest BCUT2D eigenvalue weighted by Crippen LogP contribution is -2.34. The second-order valence-corrected chi connectivity index (χ2v) is 8.27. The maximum absolute atomic E-state index is 13.2. The van der Waals surface area contributed by atoms with Gasteiger partial charge in [-0.15, -0.1) is 0 Å². The minimum Gasteiger partial charge on any atom is -0.484 e. The molecule has 4 aromatic carbocycles. The molecule has 156 valence electrons. The first-order valence-electron chi connectivity index (χ1n) is 9.61. The number of benzene rings is 4. The highest BCUT2D eigenvalue weighted by atomic mass is 35.5. The topological polar surface area (TPSA) is 29.5 Å². The number of hydrogen-bond donors (Lipinski definition) is 0. The van der Waals surface area contributed by atoms with Crippen LogP contribution in [0, 0.1) is 0 Å². The summed E-state index contributed by atoms with van der Waals surface area (Å²) in [4.78, 5) is 14.8. The molecule has 4 aromatic rings. The summed E-state index contributed by atoms with van der Waals surface area (Å²) in [5, 5.41) is 3.72. The summed E-state index contributed by atoms with van der Waals surface area (Å²) >= 11 is 18.5. The molecule has 0 radical (unpaired) electrons. The number of amides is 1. The molecule has 31 heavy (non-hydrogen) atoms. The molecule has 0 spiro atoms. The Morgan fingerprint density at radius 2 is 1.55 bits per heavy atom. The number of ether oxygens (including phenoxy) is 1. The molecule has 0 aromatic heterocycles. The predicted molar refractivity (Wildman–Crippen MR) is 129 cm³/mol. The Labute approximate surface area is 195 Å². The first-order chi connectivity index (χ1) is 15.0. The van der Waals surface area contributed by atoms with Gasteiger partial charge in [-0.2, -0.15) is 0 Å². The molecule has 3 nitrogen and oxygen atoms in total. The molecule has 0 bridgehead atoms. The Bertz CT molecular complexity index is 1240. The first-order valence-corrected chi connectivity index (χ1v) is 10.7. The highest BCUT2D eigenvalue weighted by Crippen LogP contribution is 2.27. The van der Waals surface area contributed by atoms with E-state index >= 15 is 0 Å². The van der Waals surface area contributed by atoms with Crippen LogP contribution in [0.4, 0.5) is 5.69 Å². The Morgan fingerprint density at radius 1 is 0.774 bits per heavy atom. The van der Waals surface area contributed by atoms with Crippen LogP contribution in [0.2, 0.25) is 15.1 Å². The number of halogens is 3. The largest absolute Gasteiger partial charge is 0.484 e. The Kier molecular flexibility index (Phi) is 6.67. The maximum Gasteiger partial charge on any atom is 0.265 e. The van der Waals surface area contributed by atoms with Gasteiger partial charge >= 0.3 is 0 Å². The molecular formula is C25H18Cl3NO2. The van der Waals surface area contributed by atoms with Gasteiger partial charge in [0.05, 0.1) is 6.54 Å². The Morgan fingerprint density at radius 3 is 2.32 bits per heavy atom. The molecule has 0 heterocycles. The summed E-state index contributed by atoms with van der Waals surface area (Å²) in [7, 11) is 0. The van der Waals surface area contributed by atoms with Gasteiger partial charge in [0.15, 0.2) is 6.61 Å². The molecule has 0 aliphatic heterocycles. The number of nitrogens with zero attached hydrogens (tertiary/aromatic N) is 1. The predicted octanol–water partition coefficient (Wildman–Crippen LogP) is 7.41. The van der Waals surface area contributed by atoms with Crippen LogP contribution in [0.3, 0.4) is 0 Å². The molecular weight excluding hydrogens is 453 g/mol. The number of fused-ring (bicyclic) bond motifs is 1. The number of anilines is 1. The fourth-order valence-electron chi connectivity index (χ4n) is 3.27. The van der Waals surface area contributed by atoms with Crippen molar-refractivity contribution < 1.29 is 9.53 Å². The number of carbonyl (C=O) groups excluding carboxylic acids is 1. The van der Waals surface area contributed by atoms with Gasteiger partial charge in [0.1, 0.15) is 5.75 Å². The molecule has 0 atom stereocenters. The van der Waals surface area contributed by atoms with Crippen LogP contribution in [-0.2, 0) is 11.3 Å². The first kappa shape index (κ1) is 21.5. The van der Waals surface area contributed by atoms with Crippen LogP contribution in [0.15, 0.2) is 84.9 Å². The van der Waals surface area contributed by atoms with Crippen LogP contribution in [0.25, 0.3) is 10.8 Å². The summed E-state index contributed by atoms with van der Waals surface area (Å²) in [5.41, 5.74) is 1.43. The number of rotatable bonds is 6. The van der Waals surface area contributed by atoms with Gasteiger partial charge in [0.2, 0.25) is 0 Å². The molecule has 0 N–H and O–H groups in total. The lowest BCUT2D eigenvalue weighted by Gasteiger charge is -2.24. The normalized spacial score (nSPS) is 10.8. The van der Waals surface area contributed by atoms with Crippen LogP contribution in [-0.4, -0.2) is 12.5 Å². The Hall–Kier alpha value is -2.72. The minimum atomic E-state index is -0.221. The summed E-state index contributed by atoms with van der Waals surface area (Å²) in [6.45, 7) is 0.131. The summed E-state index contributed by atoms with van der Waals surface area (Å²) < 4.78 is 5.82. The summed E-state index contributed by atoms with van der Waals surface area (Å²) in [5.74, 6) is 0.407. The van der Waals surface area contributed by atoms with Crippen molar-refractivity contribution in [3.05, 3.63) is 106 Å². The SMILES string of the molecule is O=C(COc1ccc2ccccc2c1)N(Cc1ccc(Cl)cc1Cl)c1cccc(Cl)c1. The third-order valence-electron chi connectivity index (χ3n) is 4.85. The van der Waals surface area contributed by atoms with Crippen LogP contribution in [0.1, 0.15) is 5.56 Å². The molecule has 0 saturated heterocycles. The van der Waals surface area contributed by atoms with Gasteiger partial charge in [0, 0.05) is 20.8 Å². The molecule has 0 fully saturated rings. The lowest BCUT2D eigenvalue weighted by atomic mass is 10.1. The fraction of sp³-hybridized carbons (Fsp3) is 0.0800. The van der Waals surface area contributed by atoms with Crippen LogP contribution < -0.4 is 9.64 Å². The second kappa shape index (κ2) is 9.61. The molecule has 0 aliphatic carbocycles. The summed E-state index contributed by atoms with van der Waals surface area (Å²) in [6, 6.07) is 26.1. The molecule has 0 unspecified atom stereocenters. The van der Waals surface area contributed by atoms with Crippen molar-refractivity contribution in [3.63, 3.8) is 0 Å². The van der Waals surface area contributed by atoms with E-state index in [1.165, 1.54) is 0 Å². The van der Waals surface area contributed by atoms with E-state index in [1.807, 2.05) is 48.5 Å². The number of carbonyl (C=O) groups is 1. The second-order valence-electron chi connectivity index (χ2n) is 6.99. The molecule has 6 heteroatoms. The van der Waals surface area contributed by atoms with E-state index < -0.39 is 0 Å². The Balaban J connectivity index is 1.56. The lowest BCUT2D eigenvalue weighted by molar-refractivity contribution is -0.120. The van der Waals surface area contributed by atoms with E-state index in [-0.39, 0.29) is 19.1 Å². The van der Waals surface area contributed by atoms with E-state index in [0.717, 1.165) is 16.3 Å². The van der Waals surface area contributed by atoms with Gasteiger partial charge in [0.25, 0.3) is 5.91 Å². The maximum atomic E-state index is 13.2. The highest BCUT2D eigenvalue weighted by Gasteiger charge is 2.19. The molecule has 4 rings (SSSR count). The quantitative estimate of drug-likeness (QED) is 0.293. The van der Waals surface area contributed by atoms with E-state index in [9.17, 15) is 4.79 Å². The van der Waals surface area contributed by atoms with E-state index in [4.69, 9.17) is 39.5 Å². The molecule has 0 saturated carbocycles. The van der Waals surface area contributed by atoms with E-state index in [1.54, 1.807) is 41.3 Å². The third kappa shape index (κ3) is 5.31. The minimum absolute atomic E-state index is 0.129. The van der Waals surface area contributed by atoms with Gasteiger partial charge < -0.3 is 9.64 Å². The van der Waals surface area contributed by atoms with Crippen molar-refractivity contribution in [1.29, 1.82) is 0 Å². The van der Waals surface area contributed by atoms with Crippen molar-refractivity contribution in [1.82, 2.24) is 0 Å². The molecule has 0 aliphatic rings. The highest BCUT2D eigenvalue weighted by molar-refractivity contribution is 6.35. The van der Waals surface area contributed by atoms with Crippen LogP contribution in [0.5, 0.6) is 5.75 Å². The van der Waals surface area contributed by atoms with Crippen molar-refractivity contribution in [2.45, 2.75) is 6.54 Å². The van der Waals surface area contributed by atoms with Gasteiger partial charge in [-0.25, -0.2) is 0 Å². The van der Waals surface area contributed by atoms with E-state index in [2.05, 4.69) is 0 Å². The number of hydrogen-bond acceptors (Lipinski definition) is 2. The zero-order valence-corrected chi connectivity index (χ0v) is 18.7. The zero-order valence-electron chi connectivity index (χ0n) is 16.4. The van der Waals surface area contributed by atoms with Crippen LogP contribution >= 0.6 is 34.8 Å². The monoisotopic (exact) mass is 469 g/mol. The van der Waals surface area contributed by atoms with Gasteiger partial charge in [-0.3, -0.25) is 4.79 Å². The fourth-order valence-corrected chi connectivity index (χ4v) is 3.92. The zero-order chi connectivity index (χ0) is 21.8. The average molecular weight is 471 g/mol. The van der Waals surface area contributed by atoms with E-state index in [0.29, 0.717) is 26.5 Å². The standard InChI is InChI=1S/C25H18Cl3NO2/c26-20-6-3-7-22(13-20)29(15-19-8-10-21(27)14-24(19)28)25(30)16-31-23-11-9-17-4-1-2-5-18(17)12-23/h1-14H,15-16H2. The van der Waals surface area contributed by atoms with Crippen molar-refractivity contribution in [2.75, 3.05) is 11.5 Å². The smallest absolute Gasteiger partial charge is 0.265 e. The van der Waals surface area contributed by atoms with Crippen molar-refractivity contribution >= 4 is 57.2 Å². The average Bonchev–Trinajstić information content (AvgIpc) is 2.77.